The third-order valence-electron chi connectivity index (χ3n) is 20.8. The number of aliphatic carboxylic acids is 2. The topological polar surface area (TPSA) is 534 Å². The van der Waals surface area contributed by atoms with Gasteiger partial charge in [-0.1, -0.05) is 111 Å². The molecule has 1 unspecified atom stereocenters. The summed E-state index contributed by atoms with van der Waals surface area (Å²) in [4.78, 5) is 180. The van der Waals surface area contributed by atoms with Gasteiger partial charge in [-0.05, 0) is 66.2 Å². The first-order chi connectivity index (χ1) is 54.2. The van der Waals surface area contributed by atoms with Crippen LogP contribution in [0.1, 0.15) is 120 Å². The second-order valence-electron chi connectivity index (χ2n) is 30.0. The molecule has 114 heavy (non-hydrogen) atoms. The zero-order valence-corrected chi connectivity index (χ0v) is 66.4. The highest BCUT2D eigenvalue weighted by molar-refractivity contribution is 6.05. The molecule has 0 spiro atoms. The zero-order valence-electron chi connectivity index (χ0n) is 67.4. The Morgan fingerprint density at radius 1 is 0.640 bits per heavy atom. The number of methoxy groups -OCH3 is 2. The van der Waals surface area contributed by atoms with E-state index in [1.54, 1.807) is 76.9 Å². The summed E-state index contributed by atoms with van der Waals surface area (Å²) in [7, 11) is 5.76. The number of benzene rings is 2. The number of hydrogen-bond donors (Lipinski definition) is 14. The van der Waals surface area contributed by atoms with Crippen LogP contribution in [0.2, 0.25) is 0 Å². The summed E-state index contributed by atoms with van der Waals surface area (Å²) in [6.07, 6.45) is -22.4. The molecule has 4 fully saturated rings. The number of rotatable bonds is 41. The highest BCUT2D eigenvalue weighted by atomic mass is 16.7. The first-order valence-electron chi connectivity index (χ1n) is 38.6. The monoisotopic (exact) mass is 1620 g/mol. The lowest BCUT2D eigenvalue weighted by molar-refractivity contribution is -0.294. The molecular formula is C76H114N10O28. The lowest BCUT2D eigenvalue weighted by atomic mass is 9.89. The maximum Gasteiger partial charge on any atom is 0.410 e. The molecule has 11 amide bonds. The predicted octanol–water partition coefficient (Wildman–Crippen LogP) is -1.89. The van der Waals surface area contributed by atoms with Crippen molar-refractivity contribution in [2.75, 3.05) is 66.5 Å². The molecule has 0 aromatic heterocycles. The Bertz CT molecular complexity index is 3660. The Morgan fingerprint density at radius 2 is 1.23 bits per heavy atom. The summed E-state index contributed by atoms with van der Waals surface area (Å²) in [6, 6.07) is 6.57. The van der Waals surface area contributed by atoms with Gasteiger partial charge in [-0.3, -0.25) is 57.7 Å². The SMILES string of the molecule is [3H]C1CC(=O)N(CC(=O)N[C@H](C(=O)N[C@@H](CO[C@@H]2O[C@H](C(=O)O)[C@@H](O)[C@H](O)[C@H]2O)C(=O)Nc2ccc(COC(=O)N(C)[C@H](C(=O)N[C@H](C(=O)N(C)[C@@H]([C@@H](C)CC)[C@@H](CC(=O)N3CCC[C@H]3[C@H](OC)[C@@H](C)C(=O)N[C@@H](Cc3ccccc3)C(=O)NCCCO[C@@H]3O[C@H](C(=O)O)[C@@H](O)[C@H](O)[C@H]3O)OC)C(C)C)C(C)C)cc2)C(C)C)C1=O. The summed E-state index contributed by atoms with van der Waals surface area (Å²) in [5.41, 5.74) is 1.18. The molecule has 4 saturated heterocycles. The van der Waals surface area contributed by atoms with Gasteiger partial charge in [0.15, 0.2) is 24.8 Å². The number of imide groups is 1. The van der Waals surface area contributed by atoms with Crippen molar-refractivity contribution in [1.29, 1.82) is 0 Å². The molecule has 4 heterocycles. The standard InChI is InChI=1S/C76H114N10O28/c1-14-40(8)56(48(108-12)33-52(90)85-30-18-22-47(85)63(109-13)41(9)66(97)79-45(32-42-20-16-15-17-21-42)67(98)77-29-19-31-110-74-61(95)57(91)59(93)64(113-74)72(103)104)83(10)71(102)54(38(4)5)82-70(101)55(39(6)7)84(11)76(107)112-35-43-23-25-44(26-24-43)78-68(99)46(36-111-75-62(96)58(92)60(94)65(114-75)73(105)106)80-69(100)53(37(2)3)81-49(87)34-86-50(88)27-28-51(86)89/h15-17,20-21,23-26,37-41,45-48,53-65,74-75,91-96H,14,18-19,22,27-36H2,1-13H3,(H,77,98)(H,78,99)(H,79,97)(H,80,100)(H,81,87)(H,82,101)(H,103,104)(H,105,106)/t40-,41+,45-,46-,47-,48+,53-,54-,55-,56-,57-,58-,59-,60-,61+,62+,63+,64-,65-,74+,75+/m0/s1/i27T/t27?,40-,41+,45-,46-,47-,48+,53-,54-,55-,56-,57-,58-,59-,60-,61+,62+,63+,64-,65-,74+,75+. The van der Waals surface area contributed by atoms with Crippen LogP contribution >= 0.6 is 0 Å². The van der Waals surface area contributed by atoms with E-state index in [2.05, 4.69) is 31.9 Å². The molecule has 636 valence electrons. The van der Waals surface area contributed by atoms with Crippen LogP contribution in [-0.4, -0.2) is 315 Å². The Hall–Kier alpha value is -8.93. The number of nitrogens with one attached hydrogen (secondary N) is 6. The zero-order chi connectivity index (χ0) is 85.7. The highest BCUT2D eigenvalue weighted by Gasteiger charge is 2.51. The van der Waals surface area contributed by atoms with Gasteiger partial charge >= 0.3 is 18.0 Å². The van der Waals surface area contributed by atoms with Gasteiger partial charge < -0.3 is 116 Å². The molecule has 38 nitrogen and oxygen atoms in total. The molecule has 2 aromatic rings. The van der Waals surface area contributed by atoms with E-state index in [0.29, 0.717) is 36.3 Å². The van der Waals surface area contributed by atoms with Gasteiger partial charge in [0.2, 0.25) is 59.1 Å². The molecule has 0 aliphatic carbocycles. The fourth-order valence-electron chi connectivity index (χ4n) is 14.0. The maximum atomic E-state index is 15.0. The van der Waals surface area contributed by atoms with Crippen LogP contribution in [0.4, 0.5) is 10.5 Å². The van der Waals surface area contributed by atoms with E-state index >= 15 is 0 Å². The van der Waals surface area contributed by atoms with Crippen LogP contribution in [0, 0.1) is 29.6 Å². The molecule has 2 aromatic carbocycles. The second kappa shape index (κ2) is 43.7. The summed E-state index contributed by atoms with van der Waals surface area (Å²) in [5, 5.41) is 96.8. The van der Waals surface area contributed by atoms with Crippen molar-refractivity contribution >= 4 is 82.8 Å². The highest BCUT2D eigenvalue weighted by Crippen LogP contribution is 2.32. The summed E-state index contributed by atoms with van der Waals surface area (Å²) in [5.74, 6) is -13.6. The fourth-order valence-corrected chi connectivity index (χ4v) is 14.0. The number of amides is 11. The van der Waals surface area contributed by atoms with Crippen LogP contribution in [0.5, 0.6) is 0 Å². The number of likely N-dealkylation sites (tertiary alicyclic amines) is 2. The molecule has 6 rings (SSSR count). The van der Waals surface area contributed by atoms with Gasteiger partial charge in [0.25, 0.3) is 0 Å². The van der Waals surface area contributed by atoms with Crippen LogP contribution in [0.3, 0.4) is 0 Å². The van der Waals surface area contributed by atoms with E-state index < -0.39 is 237 Å². The van der Waals surface area contributed by atoms with Gasteiger partial charge in [-0.15, -0.1) is 0 Å². The number of aliphatic hydroxyl groups excluding tert-OH is 6. The first kappa shape index (κ1) is 92.2. The first-order valence-corrected chi connectivity index (χ1v) is 38.0. The minimum absolute atomic E-state index is 0.00827. The van der Waals surface area contributed by atoms with Gasteiger partial charge in [-0.2, -0.15) is 0 Å². The third kappa shape index (κ3) is 24.8. The lowest BCUT2D eigenvalue weighted by Gasteiger charge is -2.41. The van der Waals surface area contributed by atoms with Crippen molar-refractivity contribution in [1.82, 2.24) is 46.2 Å². The minimum atomic E-state index is -2.10. The molecule has 4 aliphatic rings. The fraction of sp³-hybridized carbons (Fsp3) is 0.671. The number of carbonyl (C=O) groups excluding carboxylic acids is 11. The Kier molecular flexibility index (Phi) is 35.4. The van der Waals surface area contributed by atoms with Gasteiger partial charge in [0, 0.05) is 67.7 Å². The summed E-state index contributed by atoms with van der Waals surface area (Å²) >= 11 is 0. The van der Waals surface area contributed by atoms with Crippen molar-refractivity contribution in [2.45, 2.75) is 236 Å². The molecule has 22 atom stereocenters. The van der Waals surface area contributed by atoms with Crippen LogP contribution < -0.4 is 31.9 Å². The quantitative estimate of drug-likeness (QED) is 0.0256. The maximum absolute atomic E-state index is 15.0. The van der Waals surface area contributed by atoms with Crippen molar-refractivity contribution in [3.8, 4) is 0 Å². The largest absolute Gasteiger partial charge is 0.479 e. The van der Waals surface area contributed by atoms with E-state index in [-0.39, 0.29) is 56.5 Å². The van der Waals surface area contributed by atoms with Crippen LogP contribution in [-0.2, 0) is 104 Å². The molecule has 4 aliphatic heterocycles. The van der Waals surface area contributed by atoms with Crippen molar-refractivity contribution < 1.29 is 138 Å². The minimum Gasteiger partial charge on any atom is -0.479 e. The number of likely N-dealkylation sites (N-methyl/N-ethyl adjacent to an activating group) is 2. The number of ether oxygens (including phenoxy) is 7. The van der Waals surface area contributed by atoms with Gasteiger partial charge in [0.1, 0.15) is 80.0 Å². The normalized spacial score (nSPS) is 25.2. The van der Waals surface area contributed by atoms with E-state index in [4.69, 9.17) is 34.5 Å². The Morgan fingerprint density at radius 3 is 1.76 bits per heavy atom. The summed E-state index contributed by atoms with van der Waals surface area (Å²) < 4.78 is 46.9. The number of anilines is 1. The van der Waals surface area contributed by atoms with Crippen molar-refractivity contribution in [3.63, 3.8) is 0 Å². The third-order valence-corrected chi connectivity index (χ3v) is 20.8. The van der Waals surface area contributed by atoms with Gasteiger partial charge in [-0.25, -0.2) is 14.4 Å². The second-order valence-corrected chi connectivity index (χ2v) is 30.0. The average molecular weight is 1620 g/mol. The van der Waals surface area contributed by atoms with Crippen molar-refractivity contribution in [3.05, 3.63) is 65.7 Å². The molecule has 0 bridgehead atoms. The predicted molar refractivity (Wildman–Crippen MR) is 399 cm³/mol. The van der Waals surface area contributed by atoms with E-state index in [9.17, 15) is 103 Å². The van der Waals surface area contributed by atoms with E-state index in [1.165, 1.54) is 64.3 Å². The number of carboxylic acids is 2. The molecule has 0 radical (unpaired) electrons. The average Bonchev–Trinajstić information content (AvgIpc) is 1.77. The van der Waals surface area contributed by atoms with Crippen molar-refractivity contribution in [2.24, 2.45) is 29.6 Å². The number of hydrogen-bond acceptors (Lipinski definition) is 26. The molecular weight excluding hydrogens is 1500 g/mol. The van der Waals surface area contributed by atoms with E-state index in [1.807, 2.05) is 13.8 Å². The Labute approximate surface area is 662 Å². The number of nitrogens with zero attached hydrogens (tertiary/aromatic N) is 4. The summed E-state index contributed by atoms with van der Waals surface area (Å²) in [6.45, 7) is 13.4. The molecule has 38 heteroatoms. The number of carbonyl (C=O) groups is 13. The smallest absolute Gasteiger partial charge is 0.410 e. The number of aliphatic hydroxyl groups is 6. The lowest BCUT2D eigenvalue weighted by Crippen LogP contribution is -2.61. The Balaban J connectivity index is 1.07. The van der Waals surface area contributed by atoms with E-state index in [0.717, 1.165) is 10.5 Å². The molecule has 0 saturated carbocycles. The van der Waals surface area contributed by atoms with Gasteiger partial charge in [0.05, 0.1) is 49.8 Å². The van der Waals surface area contributed by atoms with Crippen LogP contribution in [0.25, 0.3) is 0 Å². The molecule has 14 N–H and O–H groups in total. The number of carboxylic acid groups (broad SMARTS) is 2. The van der Waals surface area contributed by atoms with Crippen LogP contribution in [0.15, 0.2) is 54.6 Å².